The number of halogens is 1. The van der Waals surface area contributed by atoms with Gasteiger partial charge in [0, 0.05) is 15.8 Å². The Morgan fingerprint density at radius 3 is 1.91 bits per heavy atom. The Balaban J connectivity index is 1.93. The first-order chi connectivity index (χ1) is 10.7. The molecule has 0 heterocycles. The molecule has 1 aromatic carbocycles. The molecule has 0 aromatic heterocycles. The lowest BCUT2D eigenvalue weighted by atomic mass is 10.1. The van der Waals surface area contributed by atoms with Crippen LogP contribution in [-0.4, -0.2) is 10.9 Å². The standard InChI is InChI=1S/C19H29BrOS/c1-2-3-4-5-6-7-8-9-10-11-16-22-19(21)17-12-14-18(20)15-13-17/h12-15H,2-11,16H2,1H3. The van der Waals surface area contributed by atoms with E-state index in [-0.39, 0.29) is 5.12 Å². The van der Waals surface area contributed by atoms with E-state index in [0.29, 0.717) is 0 Å². The van der Waals surface area contributed by atoms with E-state index in [1.165, 1.54) is 69.5 Å². The molecule has 0 amide bonds. The van der Waals surface area contributed by atoms with Crippen LogP contribution < -0.4 is 0 Å². The summed E-state index contributed by atoms with van der Waals surface area (Å²) in [6.07, 6.45) is 13.4. The van der Waals surface area contributed by atoms with Gasteiger partial charge in [-0.1, -0.05) is 92.4 Å². The van der Waals surface area contributed by atoms with E-state index in [1.807, 2.05) is 24.3 Å². The van der Waals surface area contributed by atoms with Crippen molar-refractivity contribution in [3.8, 4) is 0 Å². The Morgan fingerprint density at radius 1 is 0.864 bits per heavy atom. The maximum absolute atomic E-state index is 12.0. The molecule has 0 atom stereocenters. The molecule has 0 aliphatic heterocycles. The van der Waals surface area contributed by atoms with E-state index in [2.05, 4.69) is 22.9 Å². The van der Waals surface area contributed by atoms with Crippen LogP contribution in [0.2, 0.25) is 0 Å². The number of hydrogen-bond acceptors (Lipinski definition) is 2. The van der Waals surface area contributed by atoms with Crippen molar-refractivity contribution in [3.63, 3.8) is 0 Å². The maximum Gasteiger partial charge on any atom is 0.219 e. The Kier molecular flexibility index (Phi) is 11.8. The second-order valence-electron chi connectivity index (χ2n) is 5.82. The molecule has 1 nitrogen and oxygen atoms in total. The van der Waals surface area contributed by atoms with Gasteiger partial charge in [-0.25, -0.2) is 0 Å². The number of hydrogen-bond donors (Lipinski definition) is 0. The molecule has 1 rings (SSSR count). The Labute approximate surface area is 148 Å². The predicted molar refractivity (Wildman–Crippen MR) is 103 cm³/mol. The van der Waals surface area contributed by atoms with Crippen LogP contribution in [0.25, 0.3) is 0 Å². The predicted octanol–water partition coefficient (Wildman–Crippen LogP) is 7.24. The summed E-state index contributed by atoms with van der Waals surface area (Å²) in [6.45, 7) is 2.26. The third kappa shape index (κ3) is 9.68. The van der Waals surface area contributed by atoms with Crippen molar-refractivity contribution in [2.24, 2.45) is 0 Å². The second-order valence-corrected chi connectivity index (χ2v) is 7.81. The largest absolute Gasteiger partial charge is 0.282 e. The number of rotatable bonds is 12. The fraction of sp³-hybridized carbons (Fsp3) is 0.632. The molecule has 0 aliphatic carbocycles. The third-order valence-electron chi connectivity index (χ3n) is 3.81. The highest BCUT2D eigenvalue weighted by molar-refractivity contribution is 9.10. The van der Waals surface area contributed by atoms with Crippen LogP contribution in [0.3, 0.4) is 0 Å². The smallest absolute Gasteiger partial charge is 0.219 e. The fourth-order valence-corrected chi connectivity index (χ4v) is 3.52. The summed E-state index contributed by atoms with van der Waals surface area (Å²) in [4.78, 5) is 12.0. The Hall–Kier alpha value is -0.280. The van der Waals surface area contributed by atoms with E-state index in [4.69, 9.17) is 0 Å². The lowest BCUT2D eigenvalue weighted by molar-refractivity contribution is 0.108. The fourth-order valence-electron chi connectivity index (χ4n) is 2.42. The molecule has 1 aromatic rings. The van der Waals surface area contributed by atoms with Gasteiger partial charge < -0.3 is 0 Å². The highest BCUT2D eigenvalue weighted by atomic mass is 79.9. The molecule has 0 unspecified atom stereocenters. The summed E-state index contributed by atoms with van der Waals surface area (Å²) < 4.78 is 1.02. The zero-order chi connectivity index (χ0) is 16.0. The van der Waals surface area contributed by atoms with Crippen LogP contribution in [0.1, 0.15) is 81.5 Å². The summed E-state index contributed by atoms with van der Waals surface area (Å²) in [7, 11) is 0. The molecular weight excluding hydrogens is 356 g/mol. The second kappa shape index (κ2) is 13.2. The normalized spacial score (nSPS) is 10.8. The minimum atomic E-state index is 0.198. The van der Waals surface area contributed by atoms with Crippen LogP contribution in [0, 0.1) is 0 Å². The topological polar surface area (TPSA) is 17.1 Å². The molecule has 0 aliphatic rings. The van der Waals surface area contributed by atoms with Crippen molar-refractivity contribution in [1.29, 1.82) is 0 Å². The summed E-state index contributed by atoms with van der Waals surface area (Å²) in [5.41, 5.74) is 0.806. The number of carbonyl (C=O) groups excluding carboxylic acids is 1. The third-order valence-corrected chi connectivity index (χ3v) is 5.33. The van der Waals surface area contributed by atoms with Crippen LogP contribution in [0.4, 0.5) is 0 Å². The molecule has 0 saturated carbocycles. The molecular formula is C19H29BrOS. The van der Waals surface area contributed by atoms with Gasteiger partial charge in [0.1, 0.15) is 0 Å². The molecule has 124 valence electrons. The highest BCUT2D eigenvalue weighted by Gasteiger charge is 2.05. The average molecular weight is 385 g/mol. The maximum atomic E-state index is 12.0. The van der Waals surface area contributed by atoms with Crippen molar-refractivity contribution in [3.05, 3.63) is 34.3 Å². The minimum Gasteiger partial charge on any atom is -0.282 e. The van der Waals surface area contributed by atoms with E-state index in [1.54, 1.807) is 0 Å². The first-order valence-electron chi connectivity index (χ1n) is 8.66. The first kappa shape index (κ1) is 19.8. The molecule has 0 N–H and O–H groups in total. The van der Waals surface area contributed by atoms with Gasteiger partial charge in [0.2, 0.25) is 5.12 Å². The van der Waals surface area contributed by atoms with Gasteiger partial charge >= 0.3 is 0 Å². The van der Waals surface area contributed by atoms with Crippen molar-refractivity contribution in [2.75, 3.05) is 5.75 Å². The van der Waals surface area contributed by atoms with Crippen LogP contribution in [-0.2, 0) is 0 Å². The van der Waals surface area contributed by atoms with Gasteiger partial charge in [0.15, 0.2) is 0 Å². The zero-order valence-corrected chi connectivity index (χ0v) is 16.2. The van der Waals surface area contributed by atoms with Crippen LogP contribution >= 0.6 is 27.7 Å². The summed E-state index contributed by atoms with van der Waals surface area (Å²) in [6, 6.07) is 7.62. The molecule has 0 bridgehead atoms. The molecule has 0 radical (unpaired) electrons. The summed E-state index contributed by atoms with van der Waals surface area (Å²) >= 11 is 4.85. The number of thioether (sulfide) groups is 1. The molecule has 3 heteroatoms. The lowest BCUT2D eigenvalue weighted by Gasteiger charge is -2.03. The van der Waals surface area contributed by atoms with Crippen LogP contribution in [0.15, 0.2) is 28.7 Å². The minimum absolute atomic E-state index is 0.198. The van der Waals surface area contributed by atoms with Crippen molar-refractivity contribution < 1.29 is 4.79 Å². The average Bonchev–Trinajstić information content (AvgIpc) is 2.53. The number of benzene rings is 1. The summed E-state index contributed by atoms with van der Waals surface area (Å²) in [5, 5.41) is 0.198. The van der Waals surface area contributed by atoms with Crippen molar-refractivity contribution >= 4 is 32.8 Å². The summed E-state index contributed by atoms with van der Waals surface area (Å²) in [5.74, 6) is 0.950. The Morgan fingerprint density at radius 2 is 1.36 bits per heavy atom. The number of carbonyl (C=O) groups is 1. The monoisotopic (exact) mass is 384 g/mol. The molecule has 0 spiro atoms. The Bertz CT molecular complexity index is 402. The van der Waals surface area contributed by atoms with E-state index < -0.39 is 0 Å². The number of unbranched alkanes of at least 4 members (excludes halogenated alkanes) is 9. The zero-order valence-electron chi connectivity index (χ0n) is 13.8. The van der Waals surface area contributed by atoms with Crippen LogP contribution in [0.5, 0.6) is 0 Å². The van der Waals surface area contributed by atoms with Gasteiger partial charge in [0.25, 0.3) is 0 Å². The van der Waals surface area contributed by atoms with Gasteiger partial charge in [-0.2, -0.15) is 0 Å². The van der Waals surface area contributed by atoms with E-state index >= 15 is 0 Å². The first-order valence-corrected chi connectivity index (χ1v) is 10.4. The SMILES string of the molecule is CCCCCCCCCCCCSC(=O)c1ccc(Br)cc1. The van der Waals surface area contributed by atoms with Crippen molar-refractivity contribution in [2.45, 2.75) is 71.1 Å². The van der Waals surface area contributed by atoms with Gasteiger partial charge in [0.05, 0.1) is 0 Å². The van der Waals surface area contributed by atoms with E-state index in [0.717, 1.165) is 22.2 Å². The molecule has 0 fully saturated rings. The van der Waals surface area contributed by atoms with Gasteiger partial charge in [-0.15, -0.1) is 0 Å². The van der Waals surface area contributed by atoms with Crippen molar-refractivity contribution in [1.82, 2.24) is 0 Å². The highest BCUT2D eigenvalue weighted by Crippen LogP contribution is 2.18. The van der Waals surface area contributed by atoms with E-state index in [9.17, 15) is 4.79 Å². The lowest BCUT2D eigenvalue weighted by Crippen LogP contribution is -1.94. The molecule has 22 heavy (non-hydrogen) atoms. The van der Waals surface area contributed by atoms with Gasteiger partial charge in [-0.05, 0) is 30.7 Å². The van der Waals surface area contributed by atoms with Gasteiger partial charge in [-0.3, -0.25) is 4.79 Å². The molecule has 0 saturated heterocycles. The quantitative estimate of drug-likeness (QED) is 0.353.